The molecule has 7 nitrogen and oxygen atoms in total. The number of rotatable bonds is 3. The fourth-order valence-corrected chi connectivity index (χ4v) is 4.71. The lowest BCUT2D eigenvalue weighted by molar-refractivity contribution is -0.0358. The van der Waals surface area contributed by atoms with Crippen LogP contribution in [-0.4, -0.2) is 62.2 Å². The van der Waals surface area contributed by atoms with Crippen LogP contribution in [0, 0.1) is 5.92 Å². The Morgan fingerprint density at radius 1 is 1.14 bits per heavy atom. The zero-order valence-electron chi connectivity index (χ0n) is 16.8. The molecule has 0 saturated carbocycles. The highest BCUT2D eigenvalue weighted by Gasteiger charge is 2.32. The van der Waals surface area contributed by atoms with Crippen molar-refractivity contribution in [3.8, 4) is 11.4 Å². The zero-order chi connectivity index (χ0) is 19.9. The van der Waals surface area contributed by atoms with Gasteiger partial charge in [-0.15, -0.1) is 11.3 Å². The van der Waals surface area contributed by atoms with Crippen molar-refractivity contribution in [2.75, 3.05) is 44.4 Å². The van der Waals surface area contributed by atoms with Gasteiger partial charge in [0.05, 0.1) is 11.8 Å². The molecule has 3 fully saturated rings. The van der Waals surface area contributed by atoms with Gasteiger partial charge in [0.2, 0.25) is 5.13 Å². The molecule has 5 heterocycles. The summed E-state index contributed by atoms with van der Waals surface area (Å²) >= 11 is 1.49. The molecule has 3 saturated heterocycles. The Morgan fingerprint density at radius 2 is 2.03 bits per heavy atom. The average molecular weight is 415 g/mol. The lowest BCUT2D eigenvalue weighted by atomic mass is 9.88. The van der Waals surface area contributed by atoms with Crippen LogP contribution in [0.15, 0.2) is 28.6 Å². The van der Waals surface area contributed by atoms with Gasteiger partial charge in [0, 0.05) is 37.7 Å². The van der Waals surface area contributed by atoms with Crippen molar-refractivity contribution in [2.24, 2.45) is 10.9 Å². The zero-order valence-corrected chi connectivity index (χ0v) is 17.7. The first kappa shape index (κ1) is 20.4. The van der Waals surface area contributed by atoms with Crippen LogP contribution in [0.25, 0.3) is 11.4 Å². The Morgan fingerprint density at radius 3 is 2.76 bits per heavy atom. The van der Waals surface area contributed by atoms with E-state index >= 15 is 0 Å². The highest BCUT2D eigenvalue weighted by Crippen LogP contribution is 2.31. The predicted octanol–water partition coefficient (Wildman–Crippen LogP) is 3.07. The summed E-state index contributed by atoms with van der Waals surface area (Å²) in [4.78, 5) is 15.5. The van der Waals surface area contributed by atoms with Gasteiger partial charge < -0.3 is 20.3 Å². The number of hydrogen-bond donors (Lipinski definition) is 2. The van der Waals surface area contributed by atoms with E-state index in [4.69, 9.17) is 9.72 Å². The number of pyridine rings is 1. The fraction of sp³-hybridized carbons (Fsp3) is 0.571. The second kappa shape index (κ2) is 10.2. The van der Waals surface area contributed by atoms with Crippen molar-refractivity contribution in [1.82, 2.24) is 20.6 Å². The van der Waals surface area contributed by atoms with Crippen molar-refractivity contribution >= 4 is 29.0 Å². The quantitative estimate of drug-likeness (QED) is 0.752. The maximum atomic E-state index is 5.90. The van der Waals surface area contributed by atoms with E-state index in [0.29, 0.717) is 17.2 Å². The van der Waals surface area contributed by atoms with Crippen LogP contribution in [0.2, 0.25) is 0 Å². The maximum absolute atomic E-state index is 5.90. The first-order valence-corrected chi connectivity index (χ1v) is 11.4. The molecule has 2 aromatic rings. The van der Waals surface area contributed by atoms with E-state index in [2.05, 4.69) is 44.4 Å². The van der Waals surface area contributed by atoms with Crippen LogP contribution >= 0.6 is 11.3 Å². The topological polar surface area (TPSA) is 74.7 Å². The van der Waals surface area contributed by atoms with Gasteiger partial charge >= 0.3 is 0 Å². The molecule has 0 aromatic carbocycles. The molecule has 3 aliphatic heterocycles. The molecule has 0 bridgehead atoms. The number of piperidine rings is 1. The predicted molar refractivity (Wildman–Crippen MR) is 119 cm³/mol. The number of aromatic nitrogens is 2. The highest BCUT2D eigenvalue weighted by atomic mass is 32.1. The van der Waals surface area contributed by atoms with Gasteiger partial charge in [0.15, 0.2) is 0 Å². The molecule has 2 atom stereocenters. The molecule has 1 unspecified atom stereocenters. The monoisotopic (exact) mass is 414 g/mol. The molecule has 5 rings (SSSR count). The van der Waals surface area contributed by atoms with Crippen LogP contribution in [-0.2, 0) is 4.74 Å². The second-order valence-corrected chi connectivity index (χ2v) is 8.47. The molecule has 156 valence electrons. The highest BCUT2D eigenvalue weighted by molar-refractivity contribution is 7.13. The van der Waals surface area contributed by atoms with Crippen LogP contribution < -0.4 is 15.5 Å². The minimum Gasteiger partial charge on any atom is -0.378 e. The third-order valence-corrected chi connectivity index (χ3v) is 6.39. The smallest absolute Gasteiger partial charge is 0.209 e. The van der Waals surface area contributed by atoms with Gasteiger partial charge in [0.1, 0.15) is 11.5 Å². The third-order valence-electron chi connectivity index (χ3n) is 5.62. The van der Waals surface area contributed by atoms with E-state index in [1.165, 1.54) is 43.7 Å². The van der Waals surface area contributed by atoms with Crippen LogP contribution in [0.4, 0.5) is 10.9 Å². The molecule has 0 aliphatic carbocycles. The Labute approximate surface area is 176 Å². The summed E-state index contributed by atoms with van der Waals surface area (Å²) in [7, 11) is 0. The summed E-state index contributed by atoms with van der Waals surface area (Å²) in [5, 5.41) is 9.02. The van der Waals surface area contributed by atoms with Crippen LogP contribution in [0.5, 0.6) is 0 Å². The number of anilines is 1. The molecule has 0 spiro atoms. The molecule has 3 aliphatic rings. The van der Waals surface area contributed by atoms with E-state index in [9.17, 15) is 0 Å². The number of aliphatic imine (C=N–C) groups is 1. The van der Waals surface area contributed by atoms with Crippen molar-refractivity contribution in [1.29, 1.82) is 0 Å². The summed E-state index contributed by atoms with van der Waals surface area (Å²) in [6.45, 7) is 9.88. The number of thiazole rings is 1. The average Bonchev–Trinajstić information content (AvgIpc) is 3.30. The molecule has 0 amide bonds. The number of hydrogen-bond acceptors (Lipinski definition) is 8. The Hall–Kier alpha value is -1.87. The van der Waals surface area contributed by atoms with Crippen molar-refractivity contribution in [3.05, 3.63) is 23.6 Å². The molecular weight excluding hydrogens is 384 g/mol. The molecule has 0 radical (unpaired) electrons. The largest absolute Gasteiger partial charge is 0.378 e. The van der Waals surface area contributed by atoms with E-state index in [0.717, 1.165) is 50.0 Å². The molecular formula is C21H30N6OS. The van der Waals surface area contributed by atoms with E-state index < -0.39 is 0 Å². The van der Waals surface area contributed by atoms with Crippen molar-refractivity contribution < 1.29 is 4.74 Å². The first-order valence-electron chi connectivity index (χ1n) is 10.5. The Balaban J connectivity index is 0.000000294. The summed E-state index contributed by atoms with van der Waals surface area (Å²) in [6, 6.07) is 6.15. The standard InChI is InChI=1S/C17H20N4OS.C4H10N2/c1-18-17-20-14(11-23-17)13-5-2-6-16(19-13)21-8-7-15-12(10-21)4-3-9-22-15;1-2-5-4-6-3-1/h2,5-6,11-12,15H,1,3-4,7-10H2;5-6H,1-4H2/t12?,15-;/m1./s1. The summed E-state index contributed by atoms with van der Waals surface area (Å²) in [5.41, 5.74) is 1.77. The maximum Gasteiger partial charge on any atom is 0.209 e. The normalized spacial score (nSPS) is 24.2. The minimum absolute atomic E-state index is 0.447. The van der Waals surface area contributed by atoms with Crippen molar-refractivity contribution in [3.63, 3.8) is 0 Å². The second-order valence-electron chi connectivity index (χ2n) is 7.63. The lowest BCUT2D eigenvalue weighted by Crippen LogP contribution is -2.46. The number of nitrogens with one attached hydrogen (secondary N) is 2. The van der Waals surface area contributed by atoms with E-state index in [1.807, 2.05) is 11.4 Å². The fourth-order valence-electron chi connectivity index (χ4n) is 4.10. The van der Waals surface area contributed by atoms with E-state index in [1.54, 1.807) is 0 Å². The van der Waals surface area contributed by atoms with E-state index in [-0.39, 0.29) is 0 Å². The minimum atomic E-state index is 0.447. The van der Waals surface area contributed by atoms with Gasteiger partial charge in [-0.1, -0.05) is 6.07 Å². The molecule has 2 aromatic heterocycles. The molecule has 2 N–H and O–H groups in total. The van der Waals surface area contributed by atoms with Gasteiger partial charge in [-0.2, -0.15) is 0 Å². The number of ether oxygens (including phenoxy) is 1. The summed E-state index contributed by atoms with van der Waals surface area (Å²) in [6.07, 6.45) is 5.26. The first-order chi connectivity index (χ1) is 14.3. The summed E-state index contributed by atoms with van der Waals surface area (Å²) < 4.78 is 5.90. The molecule has 8 heteroatoms. The SMILES string of the molecule is C1CNCNC1.C=Nc1nc(-c2cccc(N3CC[C@H]4OCCCC4C3)n2)cs1. The lowest BCUT2D eigenvalue weighted by Gasteiger charge is -2.41. The Bertz CT molecular complexity index is 781. The molecule has 29 heavy (non-hydrogen) atoms. The van der Waals surface area contributed by atoms with Gasteiger partial charge in [-0.3, -0.25) is 0 Å². The van der Waals surface area contributed by atoms with Gasteiger partial charge in [-0.25, -0.2) is 15.0 Å². The summed E-state index contributed by atoms with van der Waals surface area (Å²) in [5.74, 6) is 1.67. The third kappa shape index (κ3) is 5.39. The number of nitrogens with zero attached hydrogens (tertiary/aromatic N) is 4. The van der Waals surface area contributed by atoms with Crippen molar-refractivity contribution in [2.45, 2.75) is 31.8 Å². The Kier molecular flexibility index (Phi) is 7.21. The number of fused-ring (bicyclic) bond motifs is 1. The van der Waals surface area contributed by atoms with Crippen LogP contribution in [0.1, 0.15) is 25.7 Å². The van der Waals surface area contributed by atoms with Crippen LogP contribution in [0.3, 0.4) is 0 Å². The van der Waals surface area contributed by atoms with Gasteiger partial charge in [0.25, 0.3) is 0 Å². The van der Waals surface area contributed by atoms with Gasteiger partial charge in [-0.05, 0) is 57.6 Å².